The molecule has 2 aliphatic carbocycles. The van der Waals surface area contributed by atoms with E-state index in [0.717, 1.165) is 10.6 Å². The number of hydrogen-bond acceptors (Lipinski definition) is 8. The third-order valence-electron chi connectivity index (χ3n) is 9.93. The molecule has 0 unspecified atom stereocenters. The molecular formula is C34H31N3O7. The number of carbonyl (C=O) groups excluding carboxylic acids is 4. The third kappa shape index (κ3) is 3.70. The van der Waals surface area contributed by atoms with Crippen molar-refractivity contribution in [2.45, 2.75) is 31.1 Å². The Bertz CT molecular complexity index is 1740. The maximum Gasteiger partial charge on any atom is 0.260 e. The van der Waals surface area contributed by atoms with E-state index in [2.05, 4.69) is 5.43 Å². The molecule has 2 aliphatic heterocycles. The van der Waals surface area contributed by atoms with Gasteiger partial charge in [-0.15, -0.1) is 0 Å². The summed E-state index contributed by atoms with van der Waals surface area (Å²) in [6, 6.07) is 21.4. The molecule has 224 valence electrons. The van der Waals surface area contributed by atoms with Crippen molar-refractivity contribution in [3.8, 4) is 11.5 Å². The van der Waals surface area contributed by atoms with Crippen molar-refractivity contribution in [1.82, 2.24) is 10.1 Å². The van der Waals surface area contributed by atoms with E-state index in [9.17, 15) is 29.5 Å². The number of phenolic OH excluding ortho intramolecular Hbond substituents is 1. The second-order valence-electron chi connectivity index (χ2n) is 12.0. The molecule has 3 N–H and O–H groups in total. The number of imide groups is 2. The van der Waals surface area contributed by atoms with Crippen LogP contribution in [0.15, 0.2) is 84.4 Å². The number of rotatable bonds is 5. The molecule has 6 atom stereocenters. The standard InChI is InChI=1S/C34H31N3O7/c1-18-11-13-20(14-12-18)35-36-31(40)25-17-24-21(15-16-22-27(24)32(41)37(43)30(22)39)28(23-9-6-10-26(44-2)29(23)38)34(25,33(36)42)19-7-4-3-5-8-19/h3-15,22,24-25,27-28,35,38,43H,16-17H2,1-2H3/t22-,24+,25-,27-,28+,34+/m0/s1. The number of carbonyl (C=O) groups is 4. The van der Waals surface area contributed by atoms with Crippen LogP contribution in [0.3, 0.4) is 0 Å². The number of para-hydroxylation sites is 1. The van der Waals surface area contributed by atoms with Crippen molar-refractivity contribution >= 4 is 29.3 Å². The molecule has 0 radical (unpaired) electrons. The molecule has 1 saturated carbocycles. The van der Waals surface area contributed by atoms with Crippen LogP contribution >= 0.6 is 0 Å². The van der Waals surface area contributed by atoms with E-state index in [4.69, 9.17) is 4.74 Å². The van der Waals surface area contributed by atoms with Gasteiger partial charge >= 0.3 is 0 Å². The van der Waals surface area contributed by atoms with Crippen molar-refractivity contribution < 1.29 is 34.2 Å². The number of allylic oxidation sites excluding steroid dienone is 2. The second-order valence-corrected chi connectivity index (χ2v) is 12.0. The van der Waals surface area contributed by atoms with Gasteiger partial charge in [0.25, 0.3) is 23.6 Å². The van der Waals surface area contributed by atoms with Crippen molar-refractivity contribution in [3.63, 3.8) is 0 Å². The lowest BCUT2D eigenvalue weighted by atomic mass is 9.49. The molecule has 3 aromatic carbocycles. The van der Waals surface area contributed by atoms with Gasteiger partial charge in [0, 0.05) is 11.5 Å². The fraction of sp³-hybridized carbons (Fsp3) is 0.294. The minimum absolute atomic E-state index is 0.0899. The van der Waals surface area contributed by atoms with Crippen molar-refractivity contribution in [2.24, 2.45) is 23.7 Å². The highest BCUT2D eigenvalue weighted by Gasteiger charge is 2.70. The average molecular weight is 594 g/mol. The fourth-order valence-electron chi connectivity index (χ4n) is 8.01. The highest BCUT2D eigenvalue weighted by Crippen LogP contribution is 2.65. The van der Waals surface area contributed by atoms with E-state index in [1.165, 1.54) is 7.11 Å². The van der Waals surface area contributed by atoms with E-state index in [0.29, 0.717) is 22.4 Å². The first-order valence-corrected chi connectivity index (χ1v) is 14.6. The van der Waals surface area contributed by atoms with Gasteiger partial charge in [-0.1, -0.05) is 71.8 Å². The number of hydroxylamine groups is 2. The molecule has 0 aromatic heterocycles. The molecule has 4 amide bonds. The number of hydrazine groups is 1. The number of nitrogens with one attached hydrogen (secondary N) is 1. The first kappa shape index (κ1) is 27.8. The molecule has 2 heterocycles. The number of amides is 4. The number of aromatic hydroxyl groups is 1. The summed E-state index contributed by atoms with van der Waals surface area (Å²) in [5, 5.41) is 23.2. The van der Waals surface area contributed by atoms with Gasteiger partial charge in [-0.25, -0.2) is 0 Å². The summed E-state index contributed by atoms with van der Waals surface area (Å²) in [4.78, 5) is 55.7. The number of nitrogens with zero attached hydrogens (tertiary/aromatic N) is 2. The Hall–Kier alpha value is -4.96. The number of hydrogen-bond donors (Lipinski definition) is 3. The van der Waals surface area contributed by atoms with E-state index in [-0.39, 0.29) is 29.4 Å². The summed E-state index contributed by atoms with van der Waals surface area (Å²) in [7, 11) is 1.43. The smallest absolute Gasteiger partial charge is 0.260 e. The van der Waals surface area contributed by atoms with E-state index < -0.39 is 58.6 Å². The van der Waals surface area contributed by atoms with Gasteiger partial charge in [-0.2, -0.15) is 10.1 Å². The monoisotopic (exact) mass is 593 g/mol. The fourth-order valence-corrected chi connectivity index (χ4v) is 8.01. The first-order chi connectivity index (χ1) is 21.2. The maximum atomic E-state index is 15.0. The van der Waals surface area contributed by atoms with Crippen LogP contribution < -0.4 is 10.2 Å². The molecule has 10 heteroatoms. The Balaban J connectivity index is 1.49. The van der Waals surface area contributed by atoms with Gasteiger partial charge < -0.3 is 9.84 Å². The summed E-state index contributed by atoms with van der Waals surface area (Å²) >= 11 is 0. The minimum Gasteiger partial charge on any atom is -0.504 e. The van der Waals surface area contributed by atoms with Crippen LogP contribution in [0.4, 0.5) is 5.69 Å². The van der Waals surface area contributed by atoms with Gasteiger partial charge in [0.05, 0.1) is 36.0 Å². The molecule has 10 nitrogen and oxygen atoms in total. The molecule has 4 aliphatic rings. The van der Waals surface area contributed by atoms with Crippen LogP contribution in [0.5, 0.6) is 11.5 Å². The molecule has 7 rings (SSSR count). The van der Waals surface area contributed by atoms with Gasteiger partial charge in [0.15, 0.2) is 11.5 Å². The van der Waals surface area contributed by atoms with Gasteiger partial charge in [-0.05, 0) is 49.4 Å². The number of fused-ring (bicyclic) bond motifs is 4. The average Bonchev–Trinajstić information content (AvgIpc) is 3.39. The van der Waals surface area contributed by atoms with Crippen LogP contribution in [0.1, 0.15) is 35.4 Å². The maximum absolute atomic E-state index is 15.0. The van der Waals surface area contributed by atoms with Crippen LogP contribution in [0, 0.1) is 30.6 Å². The second kappa shape index (κ2) is 10.1. The highest BCUT2D eigenvalue weighted by atomic mass is 16.5. The zero-order chi connectivity index (χ0) is 30.9. The van der Waals surface area contributed by atoms with E-state index in [1.54, 1.807) is 42.5 Å². The molecule has 44 heavy (non-hydrogen) atoms. The summed E-state index contributed by atoms with van der Waals surface area (Å²) in [6.07, 6.45) is 2.11. The number of phenols is 1. The lowest BCUT2D eigenvalue weighted by Gasteiger charge is -2.50. The zero-order valence-electron chi connectivity index (χ0n) is 24.1. The Kier molecular flexibility index (Phi) is 6.36. The van der Waals surface area contributed by atoms with Gasteiger partial charge in [0.1, 0.15) is 0 Å². The lowest BCUT2D eigenvalue weighted by molar-refractivity contribution is -0.173. The van der Waals surface area contributed by atoms with Gasteiger partial charge in [0.2, 0.25) is 0 Å². The number of benzene rings is 3. The highest BCUT2D eigenvalue weighted by molar-refractivity contribution is 6.13. The molecular weight excluding hydrogens is 562 g/mol. The molecule has 0 spiro atoms. The first-order valence-electron chi connectivity index (χ1n) is 14.6. The SMILES string of the molecule is COc1cccc([C@H]2C3=CC[C@@H]4C(=O)N(O)C(=O)[C@@H]4[C@@H]3C[C@H]3C(=O)N(Nc4ccc(C)cc4)C(=O)[C@@]23c2ccccc2)c1O. The van der Waals surface area contributed by atoms with Crippen molar-refractivity contribution in [2.75, 3.05) is 12.5 Å². The van der Waals surface area contributed by atoms with Crippen LogP contribution in [-0.2, 0) is 24.6 Å². The summed E-state index contributed by atoms with van der Waals surface area (Å²) in [6.45, 7) is 1.94. The van der Waals surface area contributed by atoms with Crippen molar-refractivity contribution in [3.05, 3.63) is 101 Å². The predicted molar refractivity (Wildman–Crippen MR) is 157 cm³/mol. The third-order valence-corrected chi connectivity index (χ3v) is 9.93. The minimum atomic E-state index is -1.51. The molecule has 3 aromatic rings. The lowest BCUT2D eigenvalue weighted by Crippen LogP contribution is -2.53. The summed E-state index contributed by atoms with van der Waals surface area (Å²) < 4.78 is 5.45. The topological polar surface area (TPSA) is 136 Å². The number of methoxy groups -OCH3 is 1. The number of aryl methyl sites for hydroxylation is 1. The van der Waals surface area contributed by atoms with Crippen LogP contribution in [-0.4, -0.2) is 51.1 Å². The normalized spacial score (nSPS) is 29.2. The Morgan fingerprint density at radius 3 is 2.32 bits per heavy atom. The number of ether oxygens (including phenoxy) is 1. The molecule has 2 saturated heterocycles. The van der Waals surface area contributed by atoms with Gasteiger partial charge in [-0.3, -0.25) is 29.8 Å². The number of anilines is 1. The van der Waals surface area contributed by atoms with Crippen LogP contribution in [0.2, 0.25) is 0 Å². The Morgan fingerprint density at radius 2 is 1.61 bits per heavy atom. The van der Waals surface area contributed by atoms with Crippen LogP contribution in [0.25, 0.3) is 0 Å². The zero-order valence-corrected chi connectivity index (χ0v) is 24.1. The quantitative estimate of drug-likeness (QED) is 0.229. The van der Waals surface area contributed by atoms with Crippen molar-refractivity contribution in [1.29, 1.82) is 0 Å². The summed E-state index contributed by atoms with van der Waals surface area (Å²) in [5.41, 5.74) is 4.70. The Morgan fingerprint density at radius 1 is 0.886 bits per heavy atom. The molecule has 0 bridgehead atoms. The Labute approximate surface area is 253 Å². The predicted octanol–water partition coefficient (Wildman–Crippen LogP) is 4.08. The largest absolute Gasteiger partial charge is 0.504 e. The summed E-state index contributed by atoms with van der Waals surface area (Å²) in [5.74, 6) is -6.55. The van der Waals surface area contributed by atoms with E-state index >= 15 is 0 Å². The molecule has 3 fully saturated rings. The van der Waals surface area contributed by atoms with E-state index in [1.807, 2.05) is 43.3 Å².